The fraction of sp³-hybridized carbons (Fsp3) is 0.500. The quantitative estimate of drug-likeness (QED) is 0.640. The van der Waals surface area contributed by atoms with Crippen molar-refractivity contribution in [3.05, 3.63) is 30.0 Å². The summed E-state index contributed by atoms with van der Waals surface area (Å²) in [6.45, 7) is 2.09. The lowest BCUT2D eigenvalue weighted by Crippen LogP contribution is -2.58. The van der Waals surface area contributed by atoms with Crippen molar-refractivity contribution in [1.82, 2.24) is 9.97 Å². The number of rotatable bonds is 6. The molecule has 3 N–H and O–H groups in total. The van der Waals surface area contributed by atoms with E-state index < -0.39 is 12.2 Å². The third-order valence-corrected chi connectivity index (χ3v) is 6.30. The molecule has 0 saturated heterocycles. The van der Waals surface area contributed by atoms with Gasteiger partial charge in [-0.05, 0) is 37.5 Å². The van der Waals surface area contributed by atoms with Crippen molar-refractivity contribution in [3.63, 3.8) is 0 Å². The number of aliphatic hydroxyl groups is 1. The Morgan fingerprint density at radius 2 is 2.06 bits per heavy atom. The monoisotopic (exact) mass is 427 g/mol. The van der Waals surface area contributed by atoms with Gasteiger partial charge in [-0.25, -0.2) is 9.78 Å². The number of carbonyl (C=O) groups is 1. The van der Waals surface area contributed by atoms with Gasteiger partial charge in [0.1, 0.15) is 17.7 Å². The number of anilines is 4. The molecule has 9 nitrogen and oxygen atoms in total. The molecule has 1 aliphatic heterocycles. The highest BCUT2D eigenvalue weighted by Gasteiger charge is 2.41. The first-order valence-corrected chi connectivity index (χ1v) is 10.7. The maximum Gasteiger partial charge on any atom is 0.335 e. The van der Waals surface area contributed by atoms with E-state index >= 15 is 0 Å². The van der Waals surface area contributed by atoms with Crippen LogP contribution in [-0.2, 0) is 0 Å². The second kappa shape index (κ2) is 8.58. The summed E-state index contributed by atoms with van der Waals surface area (Å²) in [4.78, 5) is 24.6. The molecule has 9 heteroatoms. The minimum absolute atomic E-state index is 0.0484. The Balaban J connectivity index is 1.71. The molecule has 2 heterocycles. The molecular weight excluding hydrogens is 398 g/mol. The minimum atomic E-state index is -1.02. The number of methoxy groups -OCH3 is 1. The molecule has 0 bridgehead atoms. The van der Waals surface area contributed by atoms with Crippen molar-refractivity contribution in [2.45, 2.75) is 57.3 Å². The van der Waals surface area contributed by atoms with Crippen LogP contribution in [0.3, 0.4) is 0 Å². The summed E-state index contributed by atoms with van der Waals surface area (Å²) in [5.74, 6) is 0.579. The zero-order valence-electron chi connectivity index (χ0n) is 18.1. The molecule has 0 spiro atoms. The van der Waals surface area contributed by atoms with Crippen LogP contribution in [-0.4, -0.2) is 58.6 Å². The van der Waals surface area contributed by atoms with Crippen LogP contribution in [0, 0.1) is 0 Å². The molecule has 1 saturated carbocycles. The van der Waals surface area contributed by atoms with Crippen molar-refractivity contribution in [2.24, 2.45) is 0 Å². The Morgan fingerprint density at radius 1 is 1.32 bits per heavy atom. The predicted octanol–water partition coefficient (Wildman–Crippen LogP) is 3.22. The van der Waals surface area contributed by atoms with Crippen LogP contribution in [0.1, 0.15) is 49.4 Å². The molecule has 2 atom stereocenters. The number of hydrogen-bond acceptors (Lipinski definition) is 8. The lowest BCUT2D eigenvalue weighted by Gasteiger charge is -2.48. The van der Waals surface area contributed by atoms with Gasteiger partial charge < -0.3 is 30.1 Å². The number of ether oxygens (including phenoxy) is 1. The van der Waals surface area contributed by atoms with Crippen molar-refractivity contribution in [2.75, 3.05) is 29.3 Å². The average molecular weight is 428 g/mol. The van der Waals surface area contributed by atoms with E-state index in [1.54, 1.807) is 12.3 Å². The highest BCUT2D eigenvalue weighted by molar-refractivity contribution is 5.89. The third-order valence-electron chi connectivity index (χ3n) is 6.30. The number of likely N-dealkylation sites (N-methyl/N-ethyl adjacent to an activating group) is 1. The number of aromatic carboxylic acids is 1. The van der Waals surface area contributed by atoms with Crippen molar-refractivity contribution >= 4 is 29.1 Å². The second-order valence-electron chi connectivity index (χ2n) is 8.09. The molecule has 1 aromatic heterocycles. The summed E-state index contributed by atoms with van der Waals surface area (Å²) in [5, 5.41) is 23.3. The van der Waals surface area contributed by atoms with E-state index in [0.717, 1.165) is 30.8 Å². The minimum Gasteiger partial charge on any atom is -0.495 e. The van der Waals surface area contributed by atoms with E-state index in [0.29, 0.717) is 23.4 Å². The third kappa shape index (κ3) is 3.85. The fourth-order valence-electron chi connectivity index (χ4n) is 4.65. The molecule has 2 aliphatic rings. The first kappa shape index (κ1) is 21.2. The number of carboxylic acids is 1. The number of aliphatic hydroxyl groups excluding tert-OH is 1. The van der Waals surface area contributed by atoms with E-state index in [9.17, 15) is 15.0 Å². The number of hydrogen-bond donors (Lipinski definition) is 3. The number of fused-ring (bicyclic) bond motifs is 1. The Morgan fingerprint density at radius 3 is 2.71 bits per heavy atom. The van der Waals surface area contributed by atoms with Crippen LogP contribution < -0.4 is 19.9 Å². The molecule has 1 aliphatic carbocycles. The van der Waals surface area contributed by atoms with Crippen LogP contribution >= 0.6 is 0 Å². The van der Waals surface area contributed by atoms with E-state index in [-0.39, 0.29) is 11.6 Å². The SMILES string of the molecule is CC[C@@H]1C(O)N(C)c2cnc(Nc3ccc(C(=O)O)cc3OC)nc2N1C1CCCC1. The lowest BCUT2D eigenvalue weighted by atomic mass is 10.0. The Labute approximate surface area is 181 Å². The molecule has 4 rings (SSSR count). The Bertz CT molecular complexity index is 963. The topological polar surface area (TPSA) is 111 Å². The van der Waals surface area contributed by atoms with Gasteiger partial charge in [0.05, 0.1) is 30.6 Å². The molecule has 166 valence electrons. The molecule has 0 amide bonds. The average Bonchev–Trinajstić information content (AvgIpc) is 3.30. The van der Waals surface area contributed by atoms with E-state index in [4.69, 9.17) is 9.72 Å². The van der Waals surface area contributed by atoms with Crippen molar-refractivity contribution < 1.29 is 19.7 Å². The van der Waals surface area contributed by atoms with Crippen molar-refractivity contribution in [1.29, 1.82) is 0 Å². The van der Waals surface area contributed by atoms with Gasteiger partial charge in [-0.2, -0.15) is 4.98 Å². The largest absolute Gasteiger partial charge is 0.495 e. The molecule has 1 unspecified atom stereocenters. The van der Waals surface area contributed by atoms with Gasteiger partial charge in [-0.15, -0.1) is 0 Å². The maximum absolute atomic E-state index is 11.2. The lowest BCUT2D eigenvalue weighted by molar-refractivity contribution is 0.0696. The summed E-state index contributed by atoms with van der Waals surface area (Å²) >= 11 is 0. The predicted molar refractivity (Wildman–Crippen MR) is 118 cm³/mol. The van der Waals surface area contributed by atoms with Crippen molar-refractivity contribution in [3.8, 4) is 5.75 Å². The molecule has 31 heavy (non-hydrogen) atoms. The van der Waals surface area contributed by atoms with Crippen LogP contribution in [0.25, 0.3) is 0 Å². The Kier molecular flexibility index (Phi) is 5.86. The molecular formula is C22H29N5O4. The van der Waals surface area contributed by atoms with Gasteiger partial charge in [0.25, 0.3) is 0 Å². The standard InChI is InChI=1S/C22H29N5O4/c1-4-16-20(28)26(2)17-12-23-22(25-19(17)27(16)14-7-5-6-8-14)24-15-10-9-13(21(29)30)11-18(15)31-3/h9-12,14,16,20,28H,4-8H2,1-3H3,(H,29,30)(H,23,24,25)/t16-,20?/m1/s1. The van der Waals surface area contributed by atoms with Gasteiger partial charge in [0, 0.05) is 13.1 Å². The highest BCUT2D eigenvalue weighted by atomic mass is 16.5. The van der Waals surface area contributed by atoms with Crippen LogP contribution in [0.4, 0.5) is 23.1 Å². The van der Waals surface area contributed by atoms with E-state index in [1.807, 2.05) is 11.9 Å². The van der Waals surface area contributed by atoms with Crippen LogP contribution in [0.5, 0.6) is 5.75 Å². The van der Waals surface area contributed by atoms with Gasteiger partial charge in [0.2, 0.25) is 5.95 Å². The van der Waals surface area contributed by atoms with Gasteiger partial charge in [-0.3, -0.25) is 0 Å². The Hall–Kier alpha value is -3.07. The molecule has 2 aromatic rings. The molecule has 1 fully saturated rings. The first-order chi connectivity index (χ1) is 14.9. The molecule has 1 aromatic carbocycles. The van der Waals surface area contributed by atoms with Crippen LogP contribution in [0.2, 0.25) is 0 Å². The van der Waals surface area contributed by atoms with Gasteiger partial charge >= 0.3 is 5.97 Å². The van der Waals surface area contributed by atoms with E-state index in [2.05, 4.69) is 22.1 Å². The number of benzene rings is 1. The summed E-state index contributed by atoms with van der Waals surface area (Å²) in [5.41, 5.74) is 1.52. The number of nitrogens with one attached hydrogen (secondary N) is 1. The highest BCUT2D eigenvalue weighted by Crippen LogP contribution is 2.41. The number of aromatic nitrogens is 2. The summed E-state index contributed by atoms with van der Waals surface area (Å²) in [7, 11) is 3.35. The summed E-state index contributed by atoms with van der Waals surface area (Å²) in [6.07, 6.45) is 6.44. The van der Waals surface area contributed by atoms with Gasteiger partial charge in [-0.1, -0.05) is 19.8 Å². The number of carboxylic acid groups (broad SMARTS) is 1. The summed E-state index contributed by atoms with van der Waals surface area (Å²) in [6, 6.07) is 4.91. The fourth-order valence-corrected chi connectivity index (χ4v) is 4.65. The normalized spacial score (nSPS) is 21.2. The second-order valence-corrected chi connectivity index (χ2v) is 8.09. The van der Waals surface area contributed by atoms with Gasteiger partial charge in [0.15, 0.2) is 5.82 Å². The van der Waals surface area contributed by atoms with Crippen LogP contribution in [0.15, 0.2) is 24.4 Å². The first-order valence-electron chi connectivity index (χ1n) is 10.7. The maximum atomic E-state index is 11.2. The molecule has 0 radical (unpaired) electrons. The van der Waals surface area contributed by atoms with E-state index in [1.165, 1.54) is 32.1 Å². The smallest absolute Gasteiger partial charge is 0.335 e. The number of nitrogens with zero attached hydrogens (tertiary/aromatic N) is 4. The zero-order chi connectivity index (χ0) is 22.1. The summed E-state index contributed by atoms with van der Waals surface area (Å²) < 4.78 is 5.36. The zero-order valence-corrected chi connectivity index (χ0v) is 18.1.